The number of esters is 1. The summed E-state index contributed by atoms with van der Waals surface area (Å²) in [6.07, 6.45) is 0. The Morgan fingerprint density at radius 3 is 2.00 bits per heavy atom. The highest BCUT2D eigenvalue weighted by Gasteiger charge is 2.27. The molecule has 0 fully saturated rings. The van der Waals surface area contributed by atoms with Crippen molar-refractivity contribution in [1.82, 2.24) is 0 Å². The summed E-state index contributed by atoms with van der Waals surface area (Å²) in [4.78, 5) is 25.8. The number of rotatable bonds is 3. The number of phenols is 7. The van der Waals surface area contributed by atoms with Gasteiger partial charge < -0.3 is 44.9 Å². The molecule has 0 amide bonds. The van der Waals surface area contributed by atoms with Crippen molar-refractivity contribution in [2.75, 3.05) is 0 Å². The van der Waals surface area contributed by atoms with Crippen LogP contribution < -0.4 is 10.2 Å². The maximum Gasteiger partial charge on any atom is 0.351 e. The molecule has 7 N–H and O–H groups in total. The van der Waals surface area contributed by atoms with Gasteiger partial charge in [-0.05, 0) is 24.3 Å². The maximum atomic E-state index is 13.1. The molecule has 0 aliphatic heterocycles. The summed E-state index contributed by atoms with van der Waals surface area (Å²) in [6, 6.07) is 7.03. The fourth-order valence-electron chi connectivity index (χ4n) is 3.17. The molecule has 1 aromatic heterocycles. The minimum absolute atomic E-state index is 0.242. The van der Waals surface area contributed by atoms with Crippen molar-refractivity contribution in [2.24, 2.45) is 0 Å². The quantitative estimate of drug-likeness (QED) is 0.177. The van der Waals surface area contributed by atoms with Crippen molar-refractivity contribution in [2.45, 2.75) is 0 Å². The Kier molecular flexibility index (Phi) is 4.86. The standard InChI is InChI=1S/C22H14O11/c23-9-6-12(26)17-15(7-9)32-20(8-4-13(27)18(29)14(28)5-8)21(19(17)30)33-22(31)16-10(24)2-1-3-11(16)25/h1-7,23-29H. The average molecular weight is 454 g/mol. The second kappa shape index (κ2) is 7.57. The fraction of sp³-hybridized carbons (Fsp3) is 0. The Morgan fingerprint density at radius 1 is 0.788 bits per heavy atom. The van der Waals surface area contributed by atoms with Crippen LogP contribution in [0.1, 0.15) is 10.4 Å². The Bertz CT molecular complexity index is 1460. The van der Waals surface area contributed by atoms with Gasteiger partial charge >= 0.3 is 5.97 Å². The molecule has 0 atom stereocenters. The minimum Gasteiger partial charge on any atom is -0.508 e. The van der Waals surface area contributed by atoms with Crippen LogP contribution in [-0.2, 0) is 0 Å². The van der Waals surface area contributed by atoms with Crippen LogP contribution >= 0.6 is 0 Å². The SMILES string of the molecule is O=C(Oc1c(-c2cc(O)c(O)c(O)c2)oc2cc(O)cc(O)c2c1=O)c1c(O)cccc1O. The van der Waals surface area contributed by atoms with E-state index in [9.17, 15) is 45.3 Å². The Morgan fingerprint density at radius 2 is 1.39 bits per heavy atom. The zero-order valence-corrected chi connectivity index (χ0v) is 16.3. The molecule has 0 aliphatic carbocycles. The van der Waals surface area contributed by atoms with Crippen LogP contribution in [0.15, 0.2) is 51.7 Å². The van der Waals surface area contributed by atoms with Gasteiger partial charge in [-0.25, -0.2) is 4.79 Å². The van der Waals surface area contributed by atoms with Crippen LogP contribution in [0.25, 0.3) is 22.3 Å². The van der Waals surface area contributed by atoms with Gasteiger partial charge in [0.25, 0.3) is 0 Å². The summed E-state index contributed by atoms with van der Waals surface area (Å²) in [7, 11) is 0. The van der Waals surface area contributed by atoms with E-state index in [2.05, 4.69) is 0 Å². The Balaban J connectivity index is 2.01. The lowest BCUT2D eigenvalue weighted by Crippen LogP contribution is -2.16. The third kappa shape index (κ3) is 3.53. The van der Waals surface area contributed by atoms with E-state index in [4.69, 9.17) is 9.15 Å². The van der Waals surface area contributed by atoms with Crippen molar-refractivity contribution < 1.29 is 49.7 Å². The van der Waals surface area contributed by atoms with Crippen molar-refractivity contribution in [3.8, 4) is 57.3 Å². The van der Waals surface area contributed by atoms with Gasteiger partial charge in [0.2, 0.25) is 11.2 Å². The van der Waals surface area contributed by atoms with E-state index in [1.807, 2.05) is 0 Å². The first kappa shape index (κ1) is 21.2. The molecule has 33 heavy (non-hydrogen) atoms. The number of phenolic OH excluding ortho intramolecular Hbond substituents is 7. The van der Waals surface area contributed by atoms with E-state index in [1.54, 1.807) is 0 Å². The number of hydrogen-bond donors (Lipinski definition) is 7. The summed E-state index contributed by atoms with van der Waals surface area (Å²) < 4.78 is 10.7. The molecule has 0 unspecified atom stereocenters. The van der Waals surface area contributed by atoms with Gasteiger partial charge in [-0.15, -0.1) is 0 Å². The number of hydrogen-bond acceptors (Lipinski definition) is 11. The number of fused-ring (bicyclic) bond motifs is 1. The molecule has 1 heterocycles. The molecular weight excluding hydrogens is 440 g/mol. The lowest BCUT2D eigenvalue weighted by Gasteiger charge is -2.13. The zero-order valence-electron chi connectivity index (χ0n) is 16.3. The van der Waals surface area contributed by atoms with Crippen LogP contribution in [-0.4, -0.2) is 41.7 Å². The van der Waals surface area contributed by atoms with Gasteiger partial charge in [-0.1, -0.05) is 6.07 Å². The highest BCUT2D eigenvalue weighted by Crippen LogP contribution is 2.42. The second-order valence-electron chi connectivity index (χ2n) is 6.85. The molecular formula is C22H14O11. The molecule has 0 spiro atoms. The summed E-state index contributed by atoms with van der Waals surface area (Å²) in [5.74, 6) is -7.72. The molecule has 168 valence electrons. The molecule has 0 saturated carbocycles. The number of aromatic hydroxyl groups is 7. The topological polar surface area (TPSA) is 198 Å². The molecule has 11 nitrogen and oxygen atoms in total. The highest BCUT2D eigenvalue weighted by molar-refractivity contribution is 5.98. The predicted molar refractivity (Wildman–Crippen MR) is 111 cm³/mol. The maximum absolute atomic E-state index is 13.1. The molecule has 4 rings (SSSR count). The third-order valence-corrected chi connectivity index (χ3v) is 4.67. The summed E-state index contributed by atoms with van der Waals surface area (Å²) in [6.45, 7) is 0. The van der Waals surface area contributed by atoms with Crippen LogP contribution in [0.3, 0.4) is 0 Å². The van der Waals surface area contributed by atoms with E-state index in [0.29, 0.717) is 0 Å². The lowest BCUT2D eigenvalue weighted by molar-refractivity contribution is 0.0725. The second-order valence-corrected chi connectivity index (χ2v) is 6.85. The van der Waals surface area contributed by atoms with Crippen molar-refractivity contribution in [1.29, 1.82) is 0 Å². The number of ether oxygens (including phenoxy) is 1. The Hall–Kier alpha value is -5.06. The first-order chi connectivity index (χ1) is 15.6. The first-order valence-electron chi connectivity index (χ1n) is 9.09. The summed E-state index contributed by atoms with van der Waals surface area (Å²) in [5.41, 5.74) is -2.35. The normalized spacial score (nSPS) is 10.9. The van der Waals surface area contributed by atoms with Crippen molar-refractivity contribution in [3.05, 3.63) is 58.3 Å². The van der Waals surface area contributed by atoms with Gasteiger partial charge in [-0.2, -0.15) is 0 Å². The van der Waals surface area contributed by atoms with Gasteiger partial charge in [0.15, 0.2) is 23.0 Å². The fourth-order valence-corrected chi connectivity index (χ4v) is 3.17. The minimum atomic E-state index is -1.37. The van der Waals surface area contributed by atoms with Crippen LogP contribution in [0, 0.1) is 0 Å². The number of carbonyl (C=O) groups excluding carboxylic acids is 1. The van der Waals surface area contributed by atoms with E-state index in [1.165, 1.54) is 6.07 Å². The third-order valence-electron chi connectivity index (χ3n) is 4.67. The summed E-state index contributed by atoms with van der Waals surface area (Å²) in [5, 5.41) is 68.5. The van der Waals surface area contributed by atoms with Crippen molar-refractivity contribution >= 4 is 16.9 Å². The van der Waals surface area contributed by atoms with Gasteiger partial charge in [-0.3, -0.25) is 4.79 Å². The molecule has 0 aliphatic rings. The van der Waals surface area contributed by atoms with E-state index in [0.717, 1.165) is 36.4 Å². The molecule has 0 saturated heterocycles. The molecule has 4 aromatic rings. The summed E-state index contributed by atoms with van der Waals surface area (Å²) >= 11 is 0. The van der Waals surface area contributed by atoms with Crippen LogP contribution in [0.4, 0.5) is 0 Å². The van der Waals surface area contributed by atoms with Gasteiger partial charge in [0.1, 0.15) is 39.5 Å². The average Bonchev–Trinajstić information content (AvgIpc) is 2.72. The van der Waals surface area contributed by atoms with Gasteiger partial charge in [0, 0.05) is 17.7 Å². The van der Waals surface area contributed by atoms with E-state index < -0.39 is 74.1 Å². The van der Waals surface area contributed by atoms with E-state index >= 15 is 0 Å². The highest BCUT2D eigenvalue weighted by atomic mass is 16.5. The first-order valence-corrected chi connectivity index (χ1v) is 9.09. The largest absolute Gasteiger partial charge is 0.508 e. The molecule has 3 aromatic carbocycles. The monoisotopic (exact) mass is 454 g/mol. The zero-order chi connectivity index (χ0) is 24.0. The predicted octanol–water partition coefficient (Wildman–Crippen LogP) is 2.62. The molecule has 0 bridgehead atoms. The van der Waals surface area contributed by atoms with Crippen LogP contribution in [0.5, 0.6) is 46.0 Å². The van der Waals surface area contributed by atoms with E-state index in [-0.39, 0.29) is 11.1 Å². The number of benzene rings is 3. The molecule has 11 heteroatoms. The number of carbonyl (C=O) groups is 1. The van der Waals surface area contributed by atoms with Gasteiger partial charge in [0.05, 0.1) is 0 Å². The van der Waals surface area contributed by atoms with Crippen LogP contribution in [0.2, 0.25) is 0 Å². The Labute approximate surface area is 182 Å². The smallest absolute Gasteiger partial charge is 0.351 e. The lowest BCUT2D eigenvalue weighted by atomic mass is 10.1. The van der Waals surface area contributed by atoms with Crippen molar-refractivity contribution in [3.63, 3.8) is 0 Å². The molecule has 0 radical (unpaired) electrons.